The van der Waals surface area contributed by atoms with Gasteiger partial charge in [0.05, 0.1) is 0 Å². The van der Waals surface area contributed by atoms with Gasteiger partial charge in [-0.1, -0.05) is 11.8 Å². The van der Waals surface area contributed by atoms with Crippen LogP contribution in [0.4, 0.5) is 0 Å². The molecule has 0 aromatic rings. The molecular weight excluding hydrogens is 226 g/mol. The number of hydrogen-bond acceptors (Lipinski definition) is 4. The van der Waals surface area contributed by atoms with E-state index in [-0.39, 0.29) is 16.4 Å². The molecule has 1 heterocycles. The third kappa shape index (κ3) is 2.00. The van der Waals surface area contributed by atoms with E-state index in [4.69, 9.17) is 5.11 Å². The van der Waals surface area contributed by atoms with Crippen molar-refractivity contribution in [2.45, 2.75) is 32.6 Å². The van der Waals surface area contributed by atoms with E-state index >= 15 is 0 Å². The Hall–Kier alpha value is -1.23. The zero-order valence-electron chi connectivity index (χ0n) is 9.00. The lowest BCUT2D eigenvalue weighted by molar-refractivity contribution is -0.132. The average molecular weight is 239 g/mol. The number of carbonyl (C=O) groups is 2. The molecule has 0 saturated heterocycles. The lowest BCUT2D eigenvalue weighted by Gasteiger charge is -2.27. The fraction of sp³-hybridized carbons (Fsp3) is 0.455. The summed E-state index contributed by atoms with van der Waals surface area (Å²) >= 11 is 1.24. The van der Waals surface area contributed by atoms with Crippen LogP contribution in [0.25, 0.3) is 0 Å². The van der Waals surface area contributed by atoms with E-state index in [0.717, 1.165) is 36.3 Å². The molecule has 4 nitrogen and oxygen atoms in total. The molecule has 0 amide bonds. The van der Waals surface area contributed by atoms with Gasteiger partial charge in [-0.2, -0.15) is 0 Å². The highest BCUT2D eigenvalue weighted by Crippen LogP contribution is 2.40. The number of carbonyl (C=O) groups excluding carboxylic acids is 1. The maximum absolute atomic E-state index is 11.4. The molecule has 0 aromatic heterocycles. The first-order valence-corrected chi connectivity index (χ1v) is 6.06. The molecule has 0 atom stereocenters. The van der Waals surface area contributed by atoms with Crippen LogP contribution in [-0.2, 0) is 9.59 Å². The van der Waals surface area contributed by atoms with E-state index in [0.29, 0.717) is 0 Å². The molecule has 2 aliphatic rings. The van der Waals surface area contributed by atoms with E-state index in [1.807, 2.05) is 0 Å². The summed E-state index contributed by atoms with van der Waals surface area (Å²) < 4.78 is 0. The molecule has 0 saturated carbocycles. The van der Waals surface area contributed by atoms with Gasteiger partial charge in [0.25, 0.3) is 0 Å². The van der Waals surface area contributed by atoms with Gasteiger partial charge in [-0.3, -0.25) is 4.79 Å². The maximum Gasteiger partial charge on any atom is 0.344 e. The molecular formula is C11H13NO3S. The summed E-state index contributed by atoms with van der Waals surface area (Å²) in [5.74, 6) is -1.25. The van der Waals surface area contributed by atoms with Gasteiger partial charge in [-0.25, -0.2) is 4.79 Å². The van der Waals surface area contributed by atoms with Gasteiger partial charge >= 0.3 is 5.97 Å². The summed E-state index contributed by atoms with van der Waals surface area (Å²) in [6.45, 7) is 1.39. The van der Waals surface area contributed by atoms with Crippen LogP contribution in [0.15, 0.2) is 21.2 Å². The normalized spacial score (nSPS) is 20.3. The number of hydrogen-bond donors (Lipinski definition) is 2. The van der Waals surface area contributed by atoms with Gasteiger partial charge in [0.1, 0.15) is 10.6 Å². The second kappa shape index (κ2) is 4.33. The molecule has 1 aliphatic carbocycles. The van der Waals surface area contributed by atoms with Crippen LogP contribution in [0.1, 0.15) is 32.6 Å². The maximum atomic E-state index is 11.4. The summed E-state index contributed by atoms with van der Waals surface area (Å²) in [6.07, 6.45) is 4.01. The van der Waals surface area contributed by atoms with Crippen molar-refractivity contribution in [3.63, 3.8) is 0 Å². The molecule has 1 aliphatic heterocycles. The van der Waals surface area contributed by atoms with Crippen molar-refractivity contribution in [3.05, 3.63) is 21.2 Å². The quantitative estimate of drug-likeness (QED) is 0.771. The molecule has 0 fully saturated rings. The van der Waals surface area contributed by atoms with Crippen LogP contribution in [0.3, 0.4) is 0 Å². The molecule has 2 rings (SSSR count). The highest BCUT2D eigenvalue weighted by atomic mass is 32.2. The highest BCUT2D eigenvalue weighted by molar-refractivity contribution is 8.07. The fourth-order valence-corrected chi connectivity index (χ4v) is 3.06. The van der Waals surface area contributed by atoms with Gasteiger partial charge in [0.15, 0.2) is 5.78 Å². The number of Topliss-reactive ketones (excluding diaryl/α,β-unsaturated/α-hetero) is 1. The Morgan fingerprint density at radius 1 is 1.31 bits per heavy atom. The molecule has 0 aromatic carbocycles. The molecule has 5 heteroatoms. The van der Waals surface area contributed by atoms with Gasteiger partial charge < -0.3 is 10.4 Å². The Balaban J connectivity index is 2.33. The number of aliphatic carboxylic acids is 1. The summed E-state index contributed by atoms with van der Waals surface area (Å²) in [6, 6.07) is 0. The van der Waals surface area contributed by atoms with Crippen LogP contribution < -0.4 is 5.32 Å². The first kappa shape index (κ1) is 11.3. The SMILES string of the molecule is CC(=O)C1=C(C(=O)O)SC2=C(CCCC2)N1. The number of rotatable bonds is 2. The Kier molecular flexibility index (Phi) is 3.05. The van der Waals surface area contributed by atoms with E-state index in [9.17, 15) is 9.59 Å². The fourth-order valence-electron chi connectivity index (χ4n) is 1.90. The molecule has 0 unspecified atom stereocenters. The Bertz CT molecular complexity index is 385. The van der Waals surface area contributed by atoms with Crippen molar-refractivity contribution in [3.8, 4) is 0 Å². The molecule has 16 heavy (non-hydrogen) atoms. The smallest absolute Gasteiger partial charge is 0.344 e. The second-order valence-corrected chi connectivity index (χ2v) is 5.01. The van der Waals surface area contributed by atoms with E-state index < -0.39 is 5.97 Å². The van der Waals surface area contributed by atoms with Gasteiger partial charge in [0.2, 0.25) is 0 Å². The van der Waals surface area contributed by atoms with Gasteiger partial charge in [-0.15, -0.1) is 0 Å². The first-order chi connectivity index (χ1) is 7.59. The number of carboxylic acids is 1. The summed E-state index contributed by atoms with van der Waals surface area (Å²) in [5.41, 5.74) is 1.27. The summed E-state index contributed by atoms with van der Waals surface area (Å²) in [7, 11) is 0. The van der Waals surface area contributed by atoms with Crippen molar-refractivity contribution in [1.29, 1.82) is 0 Å². The number of allylic oxidation sites excluding steroid dienone is 3. The Morgan fingerprint density at radius 2 is 2.00 bits per heavy atom. The minimum atomic E-state index is -1.03. The molecule has 0 radical (unpaired) electrons. The third-order valence-electron chi connectivity index (χ3n) is 2.69. The zero-order chi connectivity index (χ0) is 11.7. The van der Waals surface area contributed by atoms with Crippen molar-refractivity contribution < 1.29 is 14.7 Å². The van der Waals surface area contributed by atoms with Gasteiger partial charge in [0, 0.05) is 17.5 Å². The summed E-state index contributed by atoms with van der Waals surface area (Å²) in [4.78, 5) is 23.6. The molecule has 86 valence electrons. The predicted octanol–water partition coefficient (Wildman–Crippen LogP) is 1.99. The predicted molar refractivity (Wildman–Crippen MR) is 61.6 cm³/mol. The molecule has 0 spiro atoms. The van der Waals surface area contributed by atoms with Crippen LogP contribution in [-0.4, -0.2) is 16.9 Å². The lowest BCUT2D eigenvalue weighted by Crippen LogP contribution is -2.27. The Morgan fingerprint density at radius 3 is 2.62 bits per heavy atom. The largest absolute Gasteiger partial charge is 0.477 e. The monoisotopic (exact) mass is 239 g/mol. The van der Waals surface area contributed by atoms with Crippen LogP contribution in [0.5, 0.6) is 0 Å². The molecule has 0 bridgehead atoms. The summed E-state index contributed by atoms with van der Waals surface area (Å²) in [5, 5.41) is 12.0. The van der Waals surface area contributed by atoms with Crippen molar-refractivity contribution >= 4 is 23.5 Å². The van der Waals surface area contributed by atoms with Crippen LogP contribution in [0, 0.1) is 0 Å². The van der Waals surface area contributed by atoms with Crippen molar-refractivity contribution in [2.24, 2.45) is 0 Å². The Labute approximate surface area is 97.8 Å². The zero-order valence-corrected chi connectivity index (χ0v) is 9.82. The van der Waals surface area contributed by atoms with Crippen molar-refractivity contribution in [2.75, 3.05) is 0 Å². The first-order valence-electron chi connectivity index (χ1n) is 5.25. The van der Waals surface area contributed by atoms with Gasteiger partial charge in [-0.05, 0) is 25.7 Å². The minimum absolute atomic E-state index is 0.133. The topological polar surface area (TPSA) is 66.4 Å². The average Bonchev–Trinajstić information content (AvgIpc) is 2.27. The van der Waals surface area contributed by atoms with Crippen LogP contribution >= 0.6 is 11.8 Å². The number of thioether (sulfide) groups is 1. The van der Waals surface area contributed by atoms with Crippen LogP contribution in [0.2, 0.25) is 0 Å². The van der Waals surface area contributed by atoms with E-state index in [2.05, 4.69) is 5.32 Å². The highest BCUT2D eigenvalue weighted by Gasteiger charge is 2.28. The van der Waals surface area contributed by atoms with Crippen molar-refractivity contribution in [1.82, 2.24) is 5.32 Å². The lowest BCUT2D eigenvalue weighted by atomic mass is 10.0. The third-order valence-corrected chi connectivity index (χ3v) is 3.97. The van der Waals surface area contributed by atoms with E-state index in [1.165, 1.54) is 18.7 Å². The number of carboxylic acid groups (broad SMARTS) is 1. The molecule has 2 N–H and O–H groups in total. The number of nitrogens with one attached hydrogen (secondary N) is 1. The van der Waals surface area contributed by atoms with E-state index in [1.54, 1.807) is 0 Å². The second-order valence-electron chi connectivity index (χ2n) is 3.90. The standard InChI is InChI=1S/C11H13NO3S/c1-6(13)9-10(11(14)15)16-8-5-3-2-4-7(8)12-9/h12H,2-5H2,1H3,(H,14,15). The minimum Gasteiger partial charge on any atom is -0.477 e. The number of ketones is 1.